The van der Waals surface area contributed by atoms with Crippen LogP contribution in [0.1, 0.15) is 19.3 Å². The van der Waals surface area contributed by atoms with Crippen LogP contribution in [0.4, 0.5) is 8.78 Å². The van der Waals surface area contributed by atoms with Gasteiger partial charge in [-0.15, -0.1) is 0 Å². The Morgan fingerprint density at radius 2 is 2.22 bits per heavy atom. The third kappa shape index (κ3) is 2.52. The number of hydrogen-bond donors (Lipinski definition) is 0. The molecule has 0 N–H and O–H groups in total. The fourth-order valence-corrected chi connectivity index (χ4v) is 3.78. The Labute approximate surface area is 136 Å². The number of hydrogen-bond acceptors (Lipinski definition) is 5. The van der Waals surface area contributed by atoms with Crippen LogP contribution in [0.3, 0.4) is 0 Å². The van der Waals surface area contributed by atoms with E-state index < -0.39 is 12.0 Å². The minimum absolute atomic E-state index is 0.0715. The molecule has 122 valence electrons. The van der Waals surface area contributed by atoms with E-state index in [4.69, 9.17) is 16.3 Å². The summed E-state index contributed by atoms with van der Waals surface area (Å²) >= 11 is 5.67. The van der Waals surface area contributed by atoms with Crippen molar-refractivity contribution < 1.29 is 13.5 Å². The van der Waals surface area contributed by atoms with Crippen molar-refractivity contribution >= 4 is 22.5 Å². The lowest BCUT2D eigenvalue weighted by molar-refractivity contribution is 0.107. The molecule has 2 aromatic heterocycles. The molecule has 0 radical (unpaired) electrons. The first-order valence-electron chi connectivity index (χ1n) is 7.56. The van der Waals surface area contributed by atoms with E-state index in [1.54, 1.807) is 0 Å². The third-order valence-electron chi connectivity index (χ3n) is 4.73. The van der Waals surface area contributed by atoms with E-state index in [1.165, 1.54) is 12.4 Å². The zero-order valence-electron chi connectivity index (χ0n) is 12.3. The van der Waals surface area contributed by atoms with Gasteiger partial charge in [-0.3, -0.25) is 4.90 Å². The van der Waals surface area contributed by atoms with Crippen molar-refractivity contribution in [3.63, 3.8) is 0 Å². The second kappa shape index (κ2) is 5.49. The van der Waals surface area contributed by atoms with Crippen LogP contribution in [0.15, 0.2) is 12.4 Å². The molecule has 0 saturated carbocycles. The topological polar surface area (TPSA) is 51.1 Å². The summed E-state index contributed by atoms with van der Waals surface area (Å²) in [6, 6.07) is 0.0715. The lowest BCUT2D eigenvalue weighted by Gasteiger charge is -2.30. The SMILES string of the molecule is Fc1c(Cl)ncc2cnc(OC[C@@]34CCCN3C[C@H](F)C4)nc12. The number of alkyl halides is 1. The number of rotatable bonds is 3. The van der Waals surface area contributed by atoms with Crippen LogP contribution in [0.25, 0.3) is 10.9 Å². The largest absolute Gasteiger partial charge is 0.461 e. The van der Waals surface area contributed by atoms with Gasteiger partial charge in [0, 0.05) is 30.7 Å². The van der Waals surface area contributed by atoms with E-state index >= 15 is 0 Å². The second-order valence-electron chi connectivity index (χ2n) is 6.18. The number of pyridine rings is 1. The molecule has 2 aliphatic heterocycles. The highest BCUT2D eigenvalue weighted by atomic mass is 35.5. The minimum atomic E-state index is -0.821. The Morgan fingerprint density at radius 3 is 3.09 bits per heavy atom. The molecule has 0 amide bonds. The lowest BCUT2D eigenvalue weighted by atomic mass is 9.95. The molecule has 2 fully saturated rings. The van der Waals surface area contributed by atoms with Crippen LogP contribution in [0, 0.1) is 5.82 Å². The summed E-state index contributed by atoms with van der Waals surface area (Å²) in [4.78, 5) is 14.0. The molecule has 5 nitrogen and oxygen atoms in total. The van der Waals surface area contributed by atoms with E-state index in [2.05, 4.69) is 19.9 Å². The smallest absolute Gasteiger partial charge is 0.317 e. The number of halogens is 3. The van der Waals surface area contributed by atoms with Gasteiger partial charge in [0.1, 0.15) is 18.3 Å². The Bertz CT molecular complexity index is 762. The van der Waals surface area contributed by atoms with Gasteiger partial charge < -0.3 is 4.74 Å². The van der Waals surface area contributed by atoms with Crippen LogP contribution in [0.5, 0.6) is 6.01 Å². The molecular formula is C15H15ClF2N4O. The summed E-state index contributed by atoms with van der Waals surface area (Å²) in [6.45, 7) is 1.65. The number of aromatic nitrogens is 3. The van der Waals surface area contributed by atoms with Crippen LogP contribution in [-0.4, -0.2) is 51.3 Å². The molecule has 2 atom stereocenters. The van der Waals surface area contributed by atoms with Crippen molar-refractivity contribution in [2.45, 2.75) is 31.0 Å². The van der Waals surface area contributed by atoms with E-state index in [9.17, 15) is 8.78 Å². The van der Waals surface area contributed by atoms with Crippen molar-refractivity contribution in [2.75, 3.05) is 19.7 Å². The average molecular weight is 341 g/mol. The fraction of sp³-hybridized carbons (Fsp3) is 0.533. The number of ether oxygens (including phenoxy) is 1. The van der Waals surface area contributed by atoms with E-state index in [-0.39, 0.29) is 22.2 Å². The zero-order chi connectivity index (χ0) is 16.0. The van der Waals surface area contributed by atoms with Gasteiger partial charge in [-0.2, -0.15) is 4.98 Å². The van der Waals surface area contributed by atoms with Gasteiger partial charge in [0.15, 0.2) is 11.0 Å². The molecule has 0 aliphatic carbocycles. The van der Waals surface area contributed by atoms with E-state index in [1.807, 2.05) is 0 Å². The second-order valence-corrected chi connectivity index (χ2v) is 6.54. The molecule has 0 unspecified atom stereocenters. The van der Waals surface area contributed by atoms with Gasteiger partial charge >= 0.3 is 6.01 Å². The van der Waals surface area contributed by atoms with Crippen molar-refractivity contribution in [1.82, 2.24) is 19.9 Å². The van der Waals surface area contributed by atoms with Crippen LogP contribution in [0.2, 0.25) is 5.15 Å². The fourth-order valence-electron chi connectivity index (χ4n) is 3.64. The minimum Gasteiger partial charge on any atom is -0.461 e. The predicted molar refractivity (Wildman–Crippen MR) is 80.8 cm³/mol. The van der Waals surface area contributed by atoms with Gasteiger partial charge in [-0.1, -0.05) is 11.6 Å². The van der Waals surface area contributed by atoms with Gasteiger partial charge in [-0.05, 0) is 19.4 Å². The first kappa shape index (κ1) is 15.0. The maximum absolute atomic E-state index is 14.0. The molecule has 2 aliphatic rings. The van der Waals surface area contributed by atoms with Crippen LogP contribution >= 0.6 is 11.6 Å². The summed E-state index contributed by atoms with van der Waals surface area (Å²) in [5.41, 5.74) is -0.211. The van der Waals surface area contributed by atoms with Gasteiger partial charge in [0.05, 0.1) is 5.54 Å². The van der Waals surface area contributed by atoms with Crippen LogP contribution < -0.4 is 4.74 Å². The van der Waals surface area contributed by atoms with Gasteiger partial charge in [-0.25, -0.2) is 18.7 Å². The first-order chi connectivity index (χ1) is 11.1. The van der Waals surface area contributed by atoms with E-state index in [0.717, 1.165) is 19.4 Å². The molecule has 2 saturated heterocycles. The molecule has 0 bridgehead atoms. The van der Waals surface area contributed by atoms with Crippen molar-refractivity contribution in [1.29, 1.82) is 0 Å². The Hall–Kier alpha value is -1.60. The summed E-state index contributed by atoms with van der Waals surface area (Å²) in [6.07, 6.45) is 4.42. The summed E-state index contributed by atoms with van der Waals surface area (Å²) in [5.74, 6) is -0.693. The summed E-state index contributed by atoms with van der Waals surface area (Å²) in [5, 5.41) is 0.211. The lowest BCUT2D eigenvalue weighted by Crippen LogP contribution is -2.43. The molecule has 4 rings (SSSR count). The average Bonchev–Trinajstić information content (AvgIpc) is 3.05. The summed E-state index contributed by atoms with van der Waals surface area (Å²) < 4.78 is 33.4. The molecule has 8 heteroatoms. The normalized spacial score (nSPS) is 27.5. The maximum atomic E-state index is 14.0. The van der Waals surface area contributed by atoms with Crippen molar-refractivity contribution in [2.24, 2.45) is 0 Å². The van der Waals surface area contributed by atoms with Gasteiger partial charge in [0.2, 0.25) is 0 Å². The molecule has 2 aromatic rings. The molecule has 0 spiro atoms. The molecule has 4 heterocycles. The van der Waals surface area contributed by atoms with Crippen molar-refractivity contribution in [3.05, 3.63) is 23.4 Å². The highest BCUT2D eigenvalue weighted by Gasteiger charge is 2.49. The Kier molecular flexibility index (Phi) is 3.57. The third-order valence-corrected chi connectivity index (χ3v) is 5.00. The maximum Gasteiger partial charge on any atom is 0.317 e. The predicted octanol–water partition coefficient (Wildman–Crippen LogP) is 2.77. The standard InChI is InChI=1S/C15H15ClF2N4O/c16-13-11(18)12-9(5-19-13)6-20-14(21-12)23-8-15-2-1-3-22(15)7-10(17)4-15/h5-6,10H,1-4,7-8H2/t10-,15+/m1/s1. The summed E-state index contributed by atoms with van der Waals surface area (Å²) in [7, 11) is 0. The number of nitrogens with zero attached hydrogens (tertiary/aromatic N) is 4. The monoisotopic (exact) mass is 340 g/mol. The first-order valence-corrected chi connectivity index (χ1v) is 7.94. The highest BCUT2D eigenvalue weighted by Crippen LogP contribution is 2.40. The number of fused-ring (bicyclic) bond motifs is 2. The highest BCUT2D eigenvalue weighted by molar-refractivity contribution is 6.30. The van der Waals surface area contributed by atoms with Gasteiger partial charge in [0.25, 0.3) is 0 Å². The Balaban J connectivity index is 1.57. The van der Waals surface area contributed by atoms with Crippen LogP contribution in [-0.2, 0) is 0 Å². The van der Waals surface area contributed by atoms with Crippen molar-refractivity contribution in [3.8, 4) is 6.01 Å². The zero-order valence-corrected chi connectivity index (χ0v) is 13.1. The molecule has 23 heavy (non-hydrogen) atoms. The Morgan fingerprint density at radius 1 is 1.39 bits per heavy atom. The molecule has 0 aromatic carbocycles. The quantitative estimate of drug-likeness (QED) is 0.804. The molecular weight excluding hydrogens is 326 g/mol. The van der Waals surface area contributed by atoms with E-state index in [0.29, 0.717) is 25.0 Å².